The van der Waals surface area contributed by atoms with E-state index < -0.39 is 0 Å². The van der Waals surface area contributed by atoms with Gasteiger partial charge in [-0.3, -0.25) is 16.0 Å². The number of nitrogens with one attached hydrogen (secondary N) is 1. The molecule has 0 saturated carbocycles. The van der Waals surface area contributed by atoms with Crippen LogP contribution in [-0.2, 0) is 13.0 Å². The quantitative estimate of drug-likeness (QED) is 0.636. The van der Waals surface area contributed by atoms with Gasteiger partial charge in [-0.2, -0.15) is 5.10 Å². The topological polar surface area (TPSA) is 55.9 Å². The third-order valence-electron chi connectivity index (χ3n) is 3.18. The molecular formula is C14H18ClFN4. The van der Waals surface area contributed by atoms with E-state index in [1.165, 1.54) is 12.1 Å². The minimum Gasteiger partial charge on any atom is -0.271 e. The van der Waals surface area contributed by atoms with E-state index in [0.717, 1.165) is 24.2 Å². The van der Waals surface area contributed by atoms with Crippen LogP contribution in [0.1, 0.15) is 30.6 Å². The van der Waals surface area contributed by atoms with Crippen molar-refractivity contribution in [3.8, 4) is 0 Å². The molecule has 2 aromatic rings. The van der Waals surface area contributed by atoms with Crippen LogP contribution in [0.15, 0.2) is 30.5 Å². The zero-order valence-electron chi connectivity index (χ0n) is 11.3. The highest BCUT2D eigenvalue weighted by molar-refractivity contribution is 6.31. The Balaban J connectivity index is 2.22. The summed E-state index contributed by atoms with van der Waals surface area (Å²) in [6.07, 6.45) is 3.32. The van der Waals surface area contributed by atoms with Gasteiger partial charge in [-0.05, 0) is 36.6 Å². The van der Waals surface area contributed by atoms with E-state index in [1.54, 1.807) is 12.3 Å². The number of nitrogens with two attached hydrogens (primary N) is 1. The van der Waals surface area contributed by atoms with Crippen molar-refractivity contribution in [1.29, 1.82) is 0 Å². The van der Waals surface area contributed by atoms with Crippen molar-refractivity contribution in [3.05, 3.63) is 52.6 Å². The van der Waals surface area contributed by atoms with Crippen LogP contribution in [0.5, 0.6) is 0 Å². The molecule has 3 N–H and O–H groups in total. The van der Waals surface area contributed by atoms with Crippen LogP contribution in [-0.4, -0.2) is 9.78 Å². The van der Waals surface area contributed by atoms with Gasteiger partial charge < -0.3 is 0 Å². The molecular weight excluding hydrogens is 279 g/mol. The molecule has 0 bridgehead atoms. The van der Waals surface area contributed by atoms with Gasteiger partial charge in [-0.1, -0.05) is 24.6 Å². The van der Waals surface area contributed by atoms with Crippen LogP contribution < -0.4 is 11.3 Å². The van der Waals surface area contributed by atoms with E-state index in [0.29, 0.717) is 11.4 Å². The number of aromatic nitrogens is 2. The van der Waals surface area contributed by atoms with Gasteiger partial charge >= 0.3 is 0 Å². The van der Waals surface area contributed by atoms with Crippen LogP contribution >= 0.6 is 11.6 Å². The molecule has 2 rings (SSSR count). The van der Waals surface area contributed by atoms with Crippen LogP contribution in [0.25, 0.3) is 0 Å². The first kappa shape index (κ1) is 15.0. The van der Waals surface area contributed by atoms with Crippen molar-refractivity contribution in [3.63, 3.8) is 0 Å². The maximum absolute atomic E-state index is 13.1. The Kier molecular flexibility index (Phi) is 5.11. The first-order valence-corrected chi connectivity index (χ1v) is 6.95. The van der Waals surface area contributed by atoms with Gasteiger partial charge in [0.2, 0.25) is 0 Å². The van der Waals surface area contributed by atoms with Crippen molar-refractivity contribution < 1.29 is 4.39 Å². The monoisotopic (exact) mass is 296 g/mol. The lowest BCUT2D eigenvalue weighted by Gasteiger charge is -2.18. The van der Waals surface area contributed by atoms with Crippen molar-refractivity contribution >= 4 is 11.6 Å². The fourth-order valence-electron chi connectivity index (χ4n) is 2.19. The Hall–Kier alpha value is -1.43. The van der Waals surface area contributed by atoms with E-state index in [9.17, 15) is 4.39 Å². The fraction of sp³-hybridized carbons (Fsp3) is 0.357. The molecule has 0 aliphatic carbocycles. The molecule has 0 spiro atoms. The summed E-state index contributed by atoms with van der Waals surface area (Å²) in [6, 6.07) is 6.21. The van der Waals surface area contributed by atoms with E-state index in [4.69, 9.17) is 17.4 Å². The summed E-state index contributed by atoms with van der Waals surface area (Å²) < 4.78 is 15.0. The first-order valence-electron chi connectivity index (χ1n) is 6.57. The SMILES string of the molecule is CCCn1nccc1C(Cc1ccc(F)cc1Cl)NN. The largest absolute Gasteiger partial charge is 0.271 e. The molecule has 108 valence electrons. The number of halogens is 2. The lowest BCUT2D eigenvalue weighted by molar-refractivity contribution is 0.478. The van der Waals surface area contributed by atoms with Crippen molar-refractivity contribution in [2.75, 3.05) is 0 Å². The number of benzene rings is 1. The standard InChI is InChI=1S/C14H18ClFN4/c1-2-7-20-14(5-6-18-20)13(19-17)8-10-3-4-11(16)9-12(10)15/h3-6,9,13,19H,2,7-8,17H2,1H3. The number of nitrogens with zero attached hydrogens (tertiary/aromatic N) is 2. The summed E-state index contributed by atoms with van der Waals surface area (Å²) in [5.74, 6) is 5.31. The summed E-state index contributed by atoms with van der Waals surface area (Å²) in [4.78, 5) is 0. The second kappa shape index (κ2) is 6.83. The maximum atomic E-state index is 13.1. The molecule has 0 saturated heterocycles. The number of hydrogen-bond acceptors (Lipinski definition) is 3. The first-order chi connectivity index (χ1) is 9.65. The number of aryl methyl sites for hydroxylation is 1. The normalized spacial score (nSPS) is 12.6. The van der Waals surface area contributed by atoms with Gasteiger partial charge in [0.05, 0.1) is 11.7 Å². The van der Waals surface area contributed by atoms with Crippen molar-refractivity contribution in [1.82, 2.24) is 15.2 Å². The molecule has 0 aliphatic rings. The maximum Gasteiger partial charge on any atom is 0.124 e. The summed E-state index contributed by atoms with van der Waals surface area (Å²) in [5, 5.41) is 4.69. The molecule has 1 heterocycles. The Morgan fingerprint density at radius 2 is 2.25 bits per heavy atom. The smallest absolute Gasteiger partial charge is 0.124 e. The molecule has 0 radical (unpaired) electrons. The zero-order chi connectivity index (χ0) is 14.5. The highest BCUT2D eigenvalue weighted by atomic mass is 35.5. The average molecular weight is 297 g/mol. The van der Waals surface area contributed by atoms with E-state index >= 15 is 0 Å². The Morgan fingerprint density at radius 3 is 2.90 bits per heavy atom. The third kappa shape index (κ3) is 3.36. The van der Waals surface area contributed by atoms with E-state index in [2.05, 4.69) is 17.4 Å². The number of rotatable bonds is 6. The molecule has 1 atom stereocenters. The zero-order valence-corrected chi connectivity index (χ0v) is 12.1. The Bertz CT molecular complexity index is 570. The number of hydrogen-bond donors (Lipinski definition) is 2. The van der Waals surface area contributed by atoms with Crippen LogP contribution in [0.3, 0.4) is 0 Å². The van der Waals surface area contributed by atoms with Gasteiger partial charge in [-0.15, -0.1) is 0 Å². The van der Waals surface area contributed by atoms with Crippen molar-refractivity contribution in [2.45, 2.75) is 32.4 Å². The second-order valence-corrected chi connectivity index (χ2v) is 5.05. The Labute approximate surface area is 122 Å². The minimum absolute atomic E-state index is 0.119. The molecule has 0 fully saturated rings. The molecule has 0 amide bonds. The van der Waals surface area contributed by atoms with Gasteiger partial charge in [0, 0.05) is 17.8 Å². The molecule has 1 aromatic carbocycles. The predicted octanol–water partition coefficient (Wildman–Crippen LogP) is 2.83. The van der Waals surface area contributed by atoms with E-state index in [1.807, 2.05) is 10.7 Å². The summed E-state index contributed by atoms with van der Waals surface area (Å²) in [6.45, 7) is 2.92. The lowest BCUT2D eigenvalue weighted by atomic mass is 10.0. The summed E-state index contributed by atoms with van der Waals surface area (Å²) >= 11 is 6.06. The highest BCUT2D eigenvalue weighted by Crippen LogP contribution is 2.24. The Morgan fingerprint density at radius 1 is 1.45 bits per heavy atom. The lowest BCUT2D eigenvalue weighted by Crippen LogP contribution is -2.31. The average Bonchev–Trinajstić information content (AvgIpc) is 2.87. The van der Waals surface area contributed by atoms with Gasteiger partial charge in [0.1, 0.15) is 5.82 Å². The van der Waals surface area contributed by atoms with Crippen LogP contribution in [0.2, 0.25) is 5.02 Å². The van der Waals surface area contributed by atoms with Gasteiger partial charge in [0.25, 0.3) is 0 Å². The molecule has 4 nitrogen and oxygen atoms in total. The molecule has 6 heteroatoms. The molecule has 0 aliphatic heterocycles. The second-order valence-electron chi connectivity index (χ2n) is 4.64. The summed E-state index contributed by atoms with van der Waals surface area (Å²) in [5.41, 5.74) is 4.62. The fourth-order valence-corrected chi connectivity index (χ4v) is 2.44. The van der Waals surface area contributed by atoms with Crippen molar-refractivity contribution in [2.24, 2.45) is 5.84 Å². The third-order valence-corrected chi connectivity index (χ3v) is 3.53. The van der Waals surface area contributed by atoms with Gasteiger partial charge in [-0.25, -0.2) is 4.39 Å². The molecule has 1 aromatic heterocycles. The number of hydrazine groups is 1. The van der Waals surface area contributed by atoms with E-state index in [-0.39, 0.29) is 11.9 Å². The predicted molar refractivity (Wildman–Crippen MR) is 77.7 cm³/mol. The van der Waals surface area contributed by atoms with Crippen LogP contribution in [0.4, 0.5) is 4.39 Å². The van der Waals surface area contributed by atoms with Crippen LogP contribution in [0, 0.1) is 5.82 Å². The highest BCUT2D eigenvalue weighted by Gasteiger charge is 2.16. The summed E-state index contributed by atoms with van der Waals surface area (Å²) in [7, 11) is 0. The van der Waals surface area contributed by atoms with Gasteiger partial charge in [0.15, 0.2) is 0 Å². The molecule has 1 unspecified atom stereocenters. The minimum atomic E-state index is -0.341. The molecule has 20 heavy (non-hydrogen) atoms.